The van der Waals surface area contributed by atoms with Crippen LogP contribution in [-0.2, 0) is 16.2 Å². The molecule has 13 aromatic carbocycles. The number of hydrogen-bond donors (Lipinski definition) is 0. The zero-order chi connectivity index (χ0) is 46.3. The molecular formula is C69H50. The van der Waals surface area contributed by atoms with Gasteiger partial charge in [0.1, 0.15) is 0 Å². The Bertz CT molecular complexity index is 4330. The van der Waals surface area contributed by atoms with E-state index in [2.05, 4.69) is 236 Å². The van der Waals surface area contributed by atoms with Crippen LogP contribution in [0.25, 0.3) is 120 Å². The van der Waals surface area contributed by atoms with Crippen LogP contribution < -0.4 is 0 Å². The van der Waals surface area contributed by atoms with Gasteiger partial charge in [-0.05, 0) is 182 Å². The fraction of sp³-hybridized carbons (Fsp3) is 0.130. The van der Waals surface area contributed by atoms with E-state index in [9.17, 15) is 0 Å². The molecule has 0 heterocycles. The van der Waals surface area contributed by atoms with Crippen molar-refractivity contribution in [3.05, 3.63) is 228 Å². The summed E-state index contributed by atoms with van der Waals surface area (Å²) in [5.74, 6) is 0. The van der Waals surface area contributed by atoms with Crippen LogP contribution in [0.2, 0.25) is 0 Å². The second-order valence-electron chi connectivity index (χ2n) is 22.3. The van der Waals surface area contributed by atoms with Crippen LogP contribution in [0.1, 0.15) is 74.9 Å². The molecule has 0 aromatic heterocycles. The van der Waals surface area contributed by atoms with Gasteiger partial charge in [0, 0.05) is 0 Å². The van der Waals surface area contributed by atoms with Crippen molar-refractivity contribution in [2.24, 2.45) is 0 Å². The Balaban J connectivity index is 0.965. The lowest BCUT2D eigenvalue weighted by Gasteiger charge is -2.32. The maximum Gasteiger partial charge on any atom is 0.0731 e. The van der Waals surface area contributed by atoms with Gasteiger partial charge in [-0.2, -0.15) is 0 Å². The molecule has 0 bridgehead atoms. The van der Waals surface area contributed by atoms with E-state index in [0.29, 0.717) is 0 Å². The Morgan fingerprint density at radius 2 is 0.739 bits per heavy atom. The molecule has 0 N–H and O–H groups in total. The van der Waals surface area contributed by atoms with E-state index in [1.54, 1.807) is 0 Å². The van der Waals surface area contributed by atoms with Gasteiger partial charge >= 0.3 is 0 Å². The second kappa shape index (κ2) is 13.2. The van der Waals surface area contributed by atoms with Crippen LogP contribution in [0, 0.1) is 0 Å². The Labute approximate surface area is 403 Å². The minimum absolute atomic E-state index is 0.0324. The zero-order valence-corrected chi connectivity index (χ0v) is 40.0. The SMILES string of the molecule is CC(C)(C)c1ccc2ccc3c(-c4ccc5c(c4)C4(c6ccccc6-c6ccccc64)c4c-5ccc5cc(-c6ccc7cc(C(C)(C)C)c8cccc9ccc6c7c98)ccc45)ccc4ccc1c2c43. The molecule has 0 atom stereocenters. The molecule has 0 radical (unpaired) electrons. The lowest BCUT2D eigenvalue weighted by Crippen LogP contribution is -2.26. The van der Waals surface area contributed by atoms with Crippen molar-refractivity contribution in [1.29, 1.82) is 0 Å². The zero-order valence-electron chi connectivity index (χ0n) is 40.0. The first-order chi connectivity index (χ1) is 33.5. The summed E-state index contributed by atoms with van der Waals surface area (Å²) in [6, 6.07) is 75.5. The summed E-state index contributed by atoms with van der Waals surface area (Å²) in [5, 5.41) is 18.6. The van der Waals surface area contributed by atoms with Gasteiger partial charge in [0.15, 0.2) is 0 Å². The average Bonchev–Trinajstić information content (AvgIpc) is 3.83. The molecule has 0 unspecified atom stereocenters. The third-order valence-electron chi connectivity index (χ3n) is 16.6. The minimum atomic E-state index is -0.502. The highest BCUT2D eigenvalue weighted by Gasteiger charge is 2.52. The lowest BCUT2D eigenvalue weighted by atomic mass is 9.69. The highest BCUT2D eigenvalue weighted by atomic mass is 14.5. The van der Waals surface area contributed by atoms with Gasteiger partial charge < -0.3 is 0 Å². The highest BCUT2D eigenvalue weighted by molar-refractivity contribution is 6.28. The summed E-state index contributed by atoms with van der Waals surface area (Å²) >= 11 is 0. The van der Waals surface area contributed by atoms with Gasteiger partial charge in [-0.25, -0.2) is 0 Å². The maximum atomic E-state index is 2.57. The minimum Gasteiger partial charge on any atom is -0.0619 e. The van der Waals surface area contributed by atoms with Gasteiger partial charge in [-0.15, -0.1) is 0 Å². The summed E-state index contributed by atoms with van der Waals surface area (Å²) in [6.45, 7) is 14.0. The first-order valence-electron chi connectivity index (χ1n) is 24.8. The van der Waals surface area contributed by atoms with Crippen LogP contribution in [0.4, 0.5) is 0 Å². The molecule has 0 saturated heterocycles. The molecule has 0 aliphatic heterocycles. The Morgan fingerprint density at radius 3 is 1.42 bits per heavy atom. The summed E-state index contributed by atoms with van der Waals surface area (Å²) < 4.78 is 0. The summed E-state index contributed by atoms with van der Waals surface area (Å²) in [7, 11) is 0. The Morgan fingerprint density at radius 1 is 0.275 bits per heavy atom. The molecule has 0 heteroatoms. The van der Waals surface area contributed by atoms with Crippen molar-refractivity contribution < 1.29 is 0 Å². The lowest BCUT2D eigenvalue weighted by molar-refractivity contribution is 0.596. The van der Waals surface area contributed by atoms with Crippen LogP contribution >= 0.6 is 0 Å². The first kappa shape index (κ1) is 39.2. The molecule has 1 spiro atoms. The topological polar surface area (TPSA) is 0 Å². The molecular weight excluding hydrogens is 829 g/mol. The fourth-order valence-corrected chi connectivity index (χ4v) is 13.7. The molecule has 0 nitrogen and oxygen atoms in total. The van der Waals surface area contributed by atoms with E-state index >= 15 is 0 Å². The Hall–Kier alpha value is -7.80. The molecule has 0 amide bonds. The van der Waals surface area contributed by atoms with Crippen molar-refractivity contribution in [2.75, 3.05) is 0 Å². The normalized spacial score (nSPS) is 14.1. The van der Waals surface area contributed by atoms with Crippen molar-refractivity contribution in [3.63, 3.8) is 0 Å². The smallest absolute Gasteiger partial charge is 0.0619 e. The molecule has 2 aliphatic rings. The maximum absolute atomic E-state index is 2.57. The fourth-order valence-electron chi connectivity index (χ4n) is 13.7. The number of fused-ring (bicyclic) bond motifs is 12. The predicted molar refractivity (Wildman–Crippen MR) is 296 cm³/mol. The number of hydrogen-bond acceptors (Lipinski definition) is 0. The molecule has 0 fully saturated rings. The van der Waals surface area contributed by atoms with Crippen LogP contribution in [0.5, 0.6) is 0 Å². The molecule has 13 aromatic rings. The van der Waals surface area contributed by atoms with E-state index < -0.39 is 5.41 Å². The number of benzene rings is 13. The molecule has 15 rings (SSSR count). The van der Waals surface area contributed by atoms with Crippen molar-refractivity contribution in [1.82, 2.24) is 0 Å². The van der Waals surface area contributed by atoms with E-state index in [-0.39, 0.29) is 10.8 Å². The summed E-state index contributed by atoms with van der Waals surface area (Å²) in [5.41, 5.74) is 18.2. The van der Waals surface area contributed by atoms with Gasteiger partial charge in [0.25, 0.3) is 0 Å². The Kier molecular flexibility index (Phi) is 7.53. The van der Waals surface area contributed by atoms with E-state index in [0.717, 1.165) is 0 Å². The third kappa shape index (κ3) is 5.04. The number of rotatable bonds is 2. The molecule has 69 heavy (non-hydrogen) atoms. The van der Waals surface area contributed by atoms with Crippen LogP contribution in [0.3, 0.4) is 0 Å². The standard InChI is InChI=1S/C69H50/c1-67(2,3)57-35-26-41-20-32-52-47(27-18-40-21-34-56(57)64(41)62(40)52)44-23-30-51-54-33-24-43-36-42(46-28-25-45-38-60(68(4,5)6)55-15-11-12-39-19-31-53(46)65(45)63(39)55)22-29-48(43)66(54)69(61(51)37-44)58-16-9-7-13-49(58)50-14-8-10-17-59(50)69/h7-38H,1-6H3. The van der Waals surface area contributed by atoms with E-state index in [1.165, 1.54) is 153 Å². The van der Waals surface area contributed by atoms with Gasteiger partial charge in [0.05, 0.1) is 5.41 Å². The summed E-state index contributed by atoms with van der Waals surface area (Å²) in [4.78, 5) is 0. The quantitative estimate of drug-likeness (QED) is 0.152. The summed E-state index contributed by atoms with van der Waals surface area (Å²) in [6.07, 6.45) is 0. The average molecular weight is 879 g/mol. The molecule has 326 valence electrons. The third-order valence-corrected chi connectivity index (χ3v) is 16.6. The van der Waals surface area contributed by atoms with Gasteiger partial charge in [-0.1, -0.05) is 217 Å². The van der Waals surface area contributed by atoms with E-state index in [4.69, 9.17) is 0 Å². The second-order valence-corrected chi connectivity index (χ2v) is 22.3. The van der Waals surface area contributed by atoms with Crippen molar-refractivity contribution >= 4 is 75.4 Å². The predicted octanol–water partition coefficient (Wildman–Crippen LogP) is 18.9. The van der Waals surface area contributed by atoms with Gasteiger partial charge in [0.2, 0.25) is 0 Å². The van der Waals surface area contributed by atoms with E-state index in [1.807, 2.05) is 0 Å². The van der Waals surface area contributed by atoms with Gasteiger partial charge in [-0.3, -0.25) is 0 Å². The first-order valence-corrected chi connectivity index (χ1v) is 24.8. The monoisotopic (exact) mass is 878 g/mol. The van der Waals surface area contributed by atoms with Crippen molar-refractivity contribution in [3.8, 4) is 44.5 Å². The van der Waals surface area contributed by atoms with Crippen LogP contribution in [-0.4, -0.2) is 0 Å². The largest absolute Gasteiger partial charge is 0.0731 e. The molecule has 2 aliphatic carbocycles. The van der Waals surface area contributed by atoms with Crippen LogP contribution in [0.15, 0.2) is 194 Å². The molecule has 0 saturated carbocycles. The highest BCUT2D eigenvalue weighted by Crippen LogP contribution is 2.65. The van der Waals surface area contributed by atoms with Crippen molar-refractivity contribution in [2.45, 2.75) is 57.8 Å².